The molecule has 0 N–H and O–H groups in total. The van der Waals surface area contributed by atoms with E-state index < -0.39 is 5.41 Å². The van der Waals surface area contributed by atoms with E-state index in [2.05, 4.69) is 21.6 Å². The van der Waals surface area contributed by atoms with E-state index in [1.807, 2.05) is 0 Å². The minimum atomic E-state index is -1.10. The summed E-state index contributed by atoms with van der Waals surface area (Å²) >= 11 is 0. The molecule has 72 valence electrons. The van der Waals surface area contributed by atoms with Crippen molar-refractivity contribution in [2.24, 2.45) is 7.05 Å². The number of carbonyl (C=O) groups is 1. The molecule has 1 fully saturated rings. The van der Waals surface area contributed by atoms with Gasteiger partial charge in [-0.2, -0.15) is 5.26 Å². The van der Waals surface area contributed by atoms with E-state index in [-0.39, 0.29) is 5.78 Å². The summed E-state index contributed by atoms with van der Waals surface area (Å²) in [7, 11) is 1.64. The fourth-order valence-corrected chi connectivity index (χ4v) is 1.86. The highest BCUT2D eigenvalue weighted by Crippen LogP contribution is 2.35. The van der Waals surface area contributed by atoms with E-state index in [1.54, 1.807) is 7.05 Å². The van der Waals surface area contributed by atoms with Crippen molar-refractivity contribution in [3.05, 3.63) is 5.82 Å². The number of aromatic nitrogens is 4. The van der Waals surface area contributed by atoms with Crippen molar-refractivity contribution in [2.45, 2.75) is 24.7 Å². The van der Waals surface area contributed by atoms with Gasteiger partial charge in [-0.1, -0.05) is 0 Å². The molecule has 0 spiro atoms. The standard InChI is InChI=1S/C8H9N5O/c1-13-7(10-11-12-13)8(5-9)4-2-3-6(8)14/h2-4H2,1H3. The molecule has 1 atom stereocenters. The molecule has 1 aromatic rings. The van der Waals surface area contributed by atoms with Crippen LogP contribution in [0.2, 0.25) is 0 Å². The molecule has 6 heteroatoms. The number of tetrazole rings is 1. The molecule has 0 saturated heterocycles. The number of ketones is 1. The van der Waals surface area contributed by atoms with Crippen LogP contribution in [-0.4, -0.2) is 26.0 Å². The average Bonchev–Trinajstić information content (AvgIpc) is 2.73. The number of nitriles is 1. The predicted molar refractivity (Wildman–Crippen MR) is 44.9 cm³/mol. The lowest BCUT2D eigenvalue weighted by molar-refractivity contribution is -0.120. The summed E-state index contributed by atoms with van der Waals surface area (Å²) in [5.41, 5.74) is -1.10. The third-order valence-electron chi connectivity index (χ3n) is 2.62. The van der Waals surface area contributed by atoms with Gasteiger partial charge in [0.25, 0.3) is 0 Å². The van der Waals surface area contributed by atoms with Crippen LogP contribution >= 0.6 is 0 Å². The summed E-state index contributed by atoms with van der Waals surface area (Å²) in [5.74, 6) is 0.292. The van der Waals surface area contributed by atoms with E-state index in [0.717, 1.165) is 6.42 Å². The molecule has 0 aliphatic heterocycles. The summed E-state index contributed by atoms with van der Waals surface area (Å²) in [6.07, 6.45) is 1.70. The van der Waals surface area contributed by atoms with Crippen molar-refractivity contribution in [2.75, 3.05) is 0 Å². The molecule has 1 unspecified atom stereocenters. The molecular formula is C8H9N5O. The summed E-state index contributed by atoms with van der Waals surface area (Å²) < 4.78 is 1.40. The molecule has 0 aromatic carbocycles. The number of carbonyl (C=O) groups excluding carboxylic acids is 1. The second kappa shape index (κ2) is 2.87. The van der Waals surface area contributed by atoms with Gasteiger partial charge < -0.3 is 0 Å². The number of nitrogens with zero attached hydrogens (tertiary/aromatic N) is 5. The van der Waals surface area contributed by atoms with Gasteiger partial charge in [0, 0.05) is 13.5 Å². The van der Waals surface area contributed by atoms with Crippen molar-refractivity contribution in [1.29, 1.82) is 5.26 Å². The topological polar surface area (TPSA) is 84.5 Å². The van der Waals surface area contributed by atoms with Gasteiger partial charge in [-0.15, -0.1) is 5.10 Å². The van der Waals surface area contributed by atoms with E-state index >= 15 is 0 Å². The second-order valence-corrected chi connectivity index (χ2v) is 3.42. The zero-order valence-corrected chi connectivity index (χ0v) is 7.77. The lowest BCUT2D eigenvalue weighted by atomic mass is 9.86. The minimum Gasteiger partial charge on any atom is -0.297 e. The first-order valence-electron chi connectivity index (χ1n) is 4.38. The average molecular weight is 191 g/mol. The van der Waals surface area contributed by atoms with Crippen LogP contribution in [0.5, 0.6) is 0 Å². The van der Waals surface area contributed by atoms with Crippen LogP contribution in [0.4, 0.5) is 0 Å². The van der Waals surface area contributed by atoms with Gasteiger partial charge in [0.1, 0.15) is 0 Å². The number of Topliss-reactive ketones (excluding diaryl/α,β-unsaturated/α-hetero) is 1. The fourth-order valence-electron chi connectivity index (χ4n) is 1.86. The quantitative estimate of drug-likeness (QED) is 0.609. The highest BCUT2D eigenvalue weighted by molar-refractivity contribution is 5.94. The van der Waals surface area contributed by atoms with Gasteiger partial charge in [-0.3, -0.25) is 4.79 Å². The Balaban J connectivity index is 2.55. The molecule has 2 rings (SSSR count). The van der Waals surface area contributed by atoms with Crippen LogP contribution < -0.4 is 0 Å². The van der Waals surface area contributed by atoms with E-state index in [4.69, 9.17) is 5.26 Å². The van der Waals surface area contributed by atoms with Crippen LogP contribution in [0.1, 0.15) is 25.1 Å². The first-order valence-corrected chi connectivity index (χ1v) is 4.38. The normalized spacial score (nSPS) is 26.4. The number of rotatable bonds is 1. The van der Waals surface area contributed by atoms with E-state index in [9.17, 15) is 4.79 Å². The van der Waals surface area contributed by atoms with Crippen LogP contribution in [0.25, 0.3) is 0 Å². The SMILES string of the molecule is Cn1nnnc1C1(C#N)CCCC1=O. The van der Waals surface area contributed by atoms with Crippen LogP contribution in [0.3, 0.4) is 0 Å². The maximum Gasteiger partial charge on any atom is 0.178 e. The molecule has 1 aliphatic rings. The third-order valence-corrected chi connectivity index (χ3v) is 2.62. The Kier molecular flexibility index (Phi) is 1.81. The molecule has 1 aromatic heterocycles. The van der Waals surface area contributed by atoms with Gasteiger partial charge >= 0.3 is 0 Å². The van der Waals surface area contributed by atoms with Crippen molar-refractivity contribution >= 4 is 5.78 Å². The first-order chi connectivity index (χ1) is 6.70. The molecule has 1 saturated carbocycles. The molecule has 0 amide bonds. The largest absolute Gasteiger partial charge is 0.297 e. The Morgan fingerprint density at radius 2 is 2.43 bits per heavy atom. The lowest BCUT2D eigenvalue weighted by Gasteiger charge is -2.15. The summed E-state index contributed by atoms with van der Waals surface area (Å²) in [6.45, 7) is 0. The van der Waals surface area contributed by atoms with Gasteiger partial charge in [-0.25, -0.2) is 4.68 Å². The van der Waals surface area contributed by atoms with Crippen LogP contribution in [-0.2, 0) is 17.3 Å². The fraction of sp³-hybridized carbons (Fsp3) is 0.625. The number of hydrogen-bond donors (Lipinski definition) is 0. The molecule has 0 bridgehead atoms. The van der Waals surface area contributed by atoms with Crippen molar-refractivity contribution in [1.82, 2.24) is 20.2 Å². The van der Waals surface area contributed by atoms with Gasteiger partial charge in [0.2, 0.25) is 0 Å². The van der Waals surface area contributed by atoms with Gasteiger partial charge in [0.05, 0.1) is 6.07 Å². The minimum absolute atomic E-state index is 0.0714. The van der Waals surface area contributed by atoms with Crippen LogP contribution in [0, 0.1) is 11.3 Å². The Labute approximate surface area is 80.5 Å². The zero-order valence-electron chi connectivity index (χ0n) is 7.77. The van der Waals surface area contributed by atoms with E-state index in [0.29, 0.717) is 18.7 Å². The van der Waals surface area contributed by atoms with Crippen LogP contribution in [0.15, 0.2) is 0 Å². The highest BCUT2D eigenvalue weighted by Gasteiger charge is 2.47. The first kappa shape index (κ1) is 8.81. The summed E-state index contributed by atoms with van der Waals surface area (Å²) in [4.78, 5) is 11.6. The van der Waals surface area contributed by atoms with Crippen molar-refractivity contribution in [3.8, 4) is 6.07 Å². The third kappa shape index (κ3) is 0.954. The predicted octanol–water partition coefficient (Wildman–Crippen LogP) is -0.276. The summed E-state index contributed by atoms with van der Waals surface area (Å²) in [5, 5.41) is 19.9. The Morgan fingerprint density at radius 1 is 1.64 bits per heavy atom. The monoisotopic (exact) mass is 191 g/mol. The maximum atomic E-state index is 11.6. The molecule has 14 heavy (non-hydrogen) atoms. The Hall–Kier alpha value is -1.77. The van der Waals surface area contributed by atoms with Gasteiger partial charge in [-0.05, 0) is 23.3 Å². The molecule has 1 aliphatic carbocycles. The van der Waals surface area contributed by atoms with Crippen molar-refractivity contribution < 1.29 is 4.79 Å². The van der Waals surface area contributed by atoms with Crippen molar-refractivity contribution in [3.63, 3.8) is 0 Å². The maximum absolute atomic E-state index is 11.6. The number of aryl methyl sites for hydroxylation is 1. The molecule has 6 nitrogen and oxygen atoms in total. The highest BCUT2D eigenvalue weighted by atomic mass is 16.1. The lowest BCUT2D eigenvalue weighted by Crippen LogP contribution is -2.32. The van der Waals surface area contributed by atoms with E-state index in [1.165, 1.54) is 4.68 Å². The Bertz CT molecular complexity index is 418. The smallest absolute Gasteiger partial charge is 0.178 e. The zero-order chi connectivity index (χ0) is 10.2. The molecule has 0 radical (unpaired) electrons. The second-order valence-electron chi connectivity index (χ2n) is 3.42. The molecule has 1 heterocycles. The Morgan fingerprint density at radius 3 is 2.86 bits per heavy atom. The summed E-state index contributed by atoms with van der Waals surface area (Å²) in [6, 6.07) is 2.06. The molecular weight excluding hydrogens is 182 g/mol. The van der Waals surface area contributed by atoms with Gasteiger partial charge in [0.15, 0.2) is 17.0 Å². The number of hydrogen-bond acceptors (Lipinski definition) is 5.